The third-order valence-corrected chi connectivity index (χ3v) is 7.31. The van der Waals surface area contributed by atoms with Gasteiger partial charge in [0.05, 0.1) is 11.1 Å². The lowest BCUT2D eigenvalue weighted by atomic mass is 9.93. The minimum atomic E-state index is -4.39. The topological polar surface area (TPSA) is 25.2 Å². The molecule has 0 bridgehead atoms. The SMILES string of the molecule is CCC1CCN(C(=O)c2ccc(Cl)c(Cn3ccc4cc(C(F)(F)F)cc(C)c43)c2C)CC1. The summed E-state index contributed by atoms with van der Waals surface area (Å²) in [5.41, 5.74) is 2.89. The monoisotopic (exact) mass is 476 g/mol. The molecule has 1 saturated heterocycles. The minimum Gasteiger partial charge on any atom is -0.343 e. The van der Waals surface area contributed by atoms with E-state index < -0.39 is 11.7 Å². The molecule has 7 heteroatoms. The van der Waals surface area contributed by atoms with E-state index in [4.69, 9.17) is 11.6 Å². The molecule has 0 radical (unpaired) electrons. The van der Waals surface area contributed by atoms with Crippen LogP contribution < -0.4 is 0 Å². The number of piperidine rings is 1. The average Bonchev–Trinajstić information content (AvgIpc) is 3.19. The van der Waals surface area contributed by atoms with Crippen molar-refractivity contribution in [1.82, 2.24) is 9.47 Å². The number of aryl methyl sites for hydroxylation is 1. The minimum absolute atomic E-state index is 0.0170. The summed E-state index contributed by atoms with van der Waals surface area (Å²) in [5, 5.41) is 1.07. The molecular formula is C26H28ClF3N2O. The standard InChI is InChI=1S/C26H28ClF3N2O/c1-4-18-7-10-31(11-8-18)25(33)21-5-6-23(27)22(17(21)3)15-32-12-9-19-14-20(26(28,29)30)13-16(2)24(19)32/h5-6,9,12-14,18H,4,7-8,10-11,15H2,1-3H3. The van der Waals surface area contributed by atoms with Gasteiger partial charge in [-0.05, 0) is 79.6 Å². The van der Waals surface area contributed by atoms with Gasteiger partial charge in [0.2, 0.25) is 0 Å². The van der Waals surface area contributed by atoms with Crippen LogP contribution in [0.4, 0.5) is 13.2 Å². The van der Waals surface area contributed by atoms with Gasteiger partial charge < -0.3 is 9.47 Å². The molecular weight excluding hydrogens is 449 g/mol. The molecule has 3 aromatic rings. The average molecular weight is 477 g/mol. The lowest BCUT2D eigenvalue weighted by Crippen LogP contribution is -2.38. The van der Waals surface area contributed by atoms with Crippen molar-refractivity contribution in [3.05, 3.63) is 69.4 Å². The van der Waals surface area contributed by atoms with Crippen molar-refractivity contribution in [3.8, 4) is 0 Å². The molecule has 0 aliphatic carbocycles. The summed E-state index contributed by atoms with van der Waals surface area (Å²) in [4.78, 5) is 15.2. The quantitative estimate of drug-likeness (QED) is 0.389. The summed E-state index contributed by atoms with van der Waals surface area (Å²) in [6.45, 7) is 7.67. The second-order valence-corrected chi connectivity index (χ2v) is 9.42. The number of fused-ring (bicyclic) bond motifs is 1. The van der Waals surface area contributed by atoms with Crippen LogP contribution in [0.3, 0.4) is 0 Å². The van der Waals surface area contributed by atoms with Gasteiger partial charge in [0.1, 0.15) is 0 Å². The molecule has 2 heterocycles. The predicted octanol–water partition coefficient (Wildman–Crippen LogP) is 7.24. The maximum atomic E-state index is 13.2. The van der Waals surface area contributed by atoms with E-state index in [1.807, 2.05) is 16.4 Å². The van der Waals surface area contributed by atoms with E-state index in [0.717, 1.165) is 49.0 Å². The van der Waals surface area contributed by atoms with Crippen molar-refractivity contribution in [2.24, 2.45) is 5.92 Å². The second kappa shape index (κ2) is 9.05. The van der Waals surface area contributed by atoms with Crippen LogP contribution in [0.1, 0.15) is 58.8 Å². The Morgan fingerprint density at radius 2 is 1.82 bits per heavy atom. The molecule has 2 aromatic carbocycles. The summed E-state index contributed by atoms with van der Waals surface area (Å²) in [7, 11) is 0. The second-order valence-electron chi connectivity index (χ2n) is 9.01. The molecule has 1 aliphatic heterocycles. The van der Waals surface area contributed by atoms with E-state index in [9.17, 15) is 18.0 Å². The zero-order valence-electron chi connectivity index (χ0n) is 19.1. The summed E-state index contributed by atoms with van der Waals surface area (Å²) in [5.74, 6) is 0.697. The van der Waals surface area contributed by atoms with Crippen LogP contribution in [0.2, 0.25) is 5.02 Å². The Morgan fingerprint density at radius 3 is 2.45 bits per heavy atom. The van der Waals surface area contributed by atoms with Crippen molar-refractivity contribution >= 4 is 28.4 Å². The first-order valence-electron chi connectivity index (χ1n) is 11.3. The van der Waals surface area contributed by atoms with Gasteiger partial charge in [-0.25, -0.2) is 0 Å². The summed E-state index contributed by atoms with van der Waals surface area (Å²) < 4.78 is 41.5. The molecule has 1 fully saturated rings. The predicted molar refractivity (Wildman–Crippen MR) is 126 cm³/mol. The van der Waals surface area contributed by atoms with Crippen LogP contribution in [0, 0.1) is 19.8 Å². The van der Waals surface area contributed by atoms with Crippen molar-refractivity contribution in [1.29, 1.82) is 0 Å². The maximum absolute atomic E-state index is 13.2. The van der Waals surface area contributed by atoms with Crippen LogP contribution in [0.15, 0.2) is 36.5 Å². The van der Waals surface area contributed by atoms with Crippen LogP contribution in [-0.2, 0) is 12.7 Å². The Hall–Kier alpha value is -2.47. The third-order valence-electron chi connectivity index (χ3n) is 6.96. The van der Waals surface area contributed by atoms with Gasteiger partial charge in [-0.3, -0.25) is 4.79 Å². The van der Waals surface area contributed by atoms with Gasteiger partial charge >= 0.3 is 6.18 Å². The lowest BCUT2D eigenvalue weighted by molar-refractivity contribution is -0.137. The number of alkyl halides is 3. The van der Waals surface area contributed by atoms with Gasteiger partial charge in [0.25, 0.3) is 5.91 Å². The van der Waals surface area contributed by atoms with E-state index in [1.165, 1.54) is 12.1 Å². The highest BCUT2D eigenvalue weighted by Crippen LogP contribution is 2.34. The Bertz CT molecular complexity index is 1190. The Balaban J connectivity index is 1.66. The number of carbonyl (C=O) groups excluding carboxylic acids is 1. The molecule has 33 heavy (non-hydrogen) atoms. The number of likely N-dealkylation sites (tertiary alicyclic amines) is 1. The zero-order valence-corrected chi connectivity index (χ0v) is 19.9. The molecule has 0 unspecified atom stereocenters. The Morgan fingerprint density at radius 1 is 1.12 bits per heavy atom. The fraction of sp³-hybridized carbons (Fsp3) is 0.423. The van der Waals surface area contributed by atoms with E-state index in [-0.39, 0.29) is 5.91 Å². The molecule has 1 amide bonds. The van der Waals surface area contributed by atoms with Crippen LogP contribution in [0.25, 0.3) is 10.9 Å². The Kier molecular flexibility index (Phi) is 6.50. The van der Waals surface area contributed by atoms with Crippen molar-refractivity contribution in [3.63, 3.8) is 0 Å². The molecule has 4 rings (SSSR count). The number of aromatic nitrogens is 1. The number of rotatable bonds is 4. The number of carbonyl (C=O) groups is 1. The largest absolute Gasteiger partial charge is 0.416 e. The highest BCUT2D eigenvalue weighted by Gasteiger charge is 2.31. The first-order chi connectivity index (χ1) is 15.6. The maximum Gasteiger partial charge on any atom is 0.416 e. The first-order valence-corrected chi connectivity index (χ1v) is 11.7. The van der Waals surface area contributed by atoms with Gasteiger partial charge in [-0.2, -0.15) is 13.2 Å². The number of hydrogen-bond donors (Lipinski definition) is 0. The van der Waals surface area contributed by atoms with Gasteiger partial charge in [-0.1, -0.05) is 24.9 Å². The number of benzene rings is 2. The van der Waals surface area contributed by atoms with Crippen molar-refractivity contribution < 1.29 is 18.0 Å². The summed E-state index contributed by atoms with van der Waals surface area (Å²) >= 11 is 6.54. The third kappa shape index (κ3) is 4.63. The number of halogens is 4. The molecule has 1 aliphatic rings. The lowest BCUT2D eigenvalue weighted by Gasteiger charge is -2.32. The number of hydrogen-bond acceptors (Lipinski definition) is 1. The molecule has 0 N–H and O–H groups in total. The molecule has 0 spiro atoms. The fourth-order valence-corrected chi connectivity index (χ4v) is 5.17. The summed E-state index contributed by atoms with van der Waals surface area (Å²) in [6.07, 6.45) is 0.576. The van der Waals surface area contributed by atoms with E-state index in [1.54, 1.807) is 31.3 Å². The highest BCUT2D eigenvalue weighted by atomic mass is 35.5. The number of nitrogens with zero attached hydrogens (tertiary/aromatic N) is 2. The first kappa shape index (κ1) is 23.7. The summed E-state index contributed by atoms with van der Waals surface area (Å²) in [6, 6.07) is 7.56. The fourth-order valence-electron chi connectivity index (χ4n) is 4.90. The Labute approximate surface area is 197 Å². The highest BCUT2D eigenvalue weighted by molar-refractivity contribution is 6.31. The van der Waals surface area contributed by atoms with Crippen LogP contribution >= 0.6 is 11.6 Å². The molecule has 0 saturated carbocycles. The van der Waals surface area contributed by atoms with Crippen LogP contribution in [-0.4, -0.2) is 28.5 Å². The van der Waals surface area contributed by atoms with Gasteiger partial charge in [-0.15, -0.1) is 0 Å². The normalized spacial score (nSPS) is 15.4. The smallest absolute Gasteiger partial charge is 0.343 e. The molecule has 1 aromatic heterocycles. The van der Waals surface area contributed by atoms with Crippen LogP contribution in [0.5, 0.6) is 0 Å². The van der Waals surface area contributed by atoms with Crippen molar-refractivity contribution in [2.45, 2.75) is 52.8 Å². The molecule has 176 valence electrons. The number of amides is 1. The van der Waals surface area contributed by atoms with E-state index >= 15 is 0 Å². The van der Waals surface area contributed by atoms with Gasteiger partial charge in [0, 0.05) is 41.8 Å². The molecule has 3 nitrogen and oxygen atoms in total. The van der Waals surface area contributed by atoms with Gasteiger partial charge in [0.15, 0.2) is 0 Å². The van der Waals surface area contributed by atoms with E-state index in [0.29, 0.717) is 34.0 Å². The van der Waals surface area contributed by atoms with Crippen molar-refractivity contribution in [2.75, 3.05) is 13.1 Å². The molecule has 0 atom stereocenters. The van der Waals surface area contributed by atoms with E-state index in [2.05, 4.69) is 6.92 Å². The zero-order chi connectivity index (χ0) is 23.9.